The standard InChI is InChI=1S/C17H21BrN2O2/c1-10(2)7-15(17(21)22-4)20-16-13-8-11(3)9-14(18)12(13)5-6-19-16/h5-6,8-10,15H,7H2,1-4H3,(H,19,20). The Balaban J connectivity index is 2.43. The Labute approximate surface area is 139 Å². The molecule has 0 saturated heterocycles. The van der Waals surface area contributed by atoms with Crippen molar-refractivity contribution >= 4 is 38.5 Å². The van der Waals surface area contributed by atoms with Gasteiger partial charge < -0.3 is 10.1 Å². The van der Waals surface area contributed by atoms with Crippen LogP contribution in [0.1, 0.15) is 25.8 Å². The van der Waals surface area contributed by atoms with Gasteiger partial charge in [0.2, 0.25) is 0 Å². The van der Waals surface area contributed by atoms with Gasteiger partial charge in [0.15, 0.2) is 0 Å². The Bertz CT molecular complexity index is 686. The molecule has 4 nitrogen and oxygen atoms in total. The predicted octanol–water partition coefficient (Wildman–Crippen LogP) is 4.31. The second kappa shape index (κ2) is 7.09. The number of nitrogens with one attached hydrogen (secondary N) is 1. The summed E-state index contributed by atoms with van der Waals surface area (Å²) >= 11 is 3.58. The molecular weight excluding hydrogens is 344 g/mol. The average Bonchev–Trinajstić information content (AvgIpc) is 2.46. The van der Waals surface area contributed by atoms with Crippen molar-refractivity contribution < 1.29 is 9.53 Å². The van der Waals surface area contributed by atoms with Crippen molar-refractivity contribution in [1.29, 1.82) is 0 Å². The lowest BCUT2D eigenvalue weighted by molar-refractivity contribution is -0.141. The van der Waals surface area contributed by atoms with Crippen molar-refractivity contribution in [2.75, 3.05) is 12.4 Å². The number of nitrogens with zero attached hydrogens (tertiary/aromatic N) is 1. The number of benzene rings is 1. The van der Waals surface area contributed by atoms with Crippen LogP contribution < -0.4 is 5.32 Å². The molecule has 1 heterocycles. The van der Waals surface area contributed by atoms with Gasteiger partial charge in [-0.05, 0) is 43.0 Å². The first-order valence-corrected chi connectivity index (χ1v) is 8.11. The van der Waals surface area contributed by atoms with Crippen LogP contribution >= 0.6 is 15.9 Å². The zero-order chi connectivity index (χ0) is 16.3. The molecule has 22 heavy (non-hydrogen) atoms. The fourth-order valence-corrected chi connectivity index (χ4v) is 3.19. The minimum atomic E-state index is -0.401. The van der Waals surface area contributed by atoms with E-state index in [1.165, 1.54) is 7.11 Å². The summed E-state index contributed by atoms with van der Waals surface area (Å²) in [4.78, 5) is 16.4. The highest BCUT2D eigenvalue weighted by Crippen LogP contribution is 2.30. The summed E-state index contributed by atoms with van der Waals surface area (Å²) in [7, 11) is 1.41. The predicted molar refractivity (Wildman–Crippen MR) is 93.1 cm³/mol. The van der Waals surface area contributed by atoms with Crippen LogP contribution in [0.2, 0.25) is 0 Å². The zero-order valence-corrected chi connectivity index (χ0v) is 14.9. The lowest BCUT2D eigenvalue weighted by Gasteiger charge is -2.20. The molecule has 1 unspecified atom stereocenters. The minimum Gasteiger partial charge on any atom is -0.467 e. The van der Waals surface area contributed by atoms with Crippen molar-refractivity contribution in [3.8, 4) is 0 Å². The van der Waals surface area contributed by atoms with Crippen LogP contribution in [0.25, 0.3) is 10.8 Å². The molecule has 118 valence electrons. The quantitative estimate of drug-likeness (QED) is 0.803. The third-order valence-electron chi connectivity index (χ3n) is 3.48. The van der Waals surface area contributed by atoms with Gasteiger partial charge in [-0.3, -0.25) is 0 Å². The van der Waals surface area contributed by atoms with Gasteiger partial charge in [0.25, 0.3) is 0 Å². The molecule has 2 rings (SSSR count). The molecule has 1 aromatic carbocycles. The van der Waals surface area contributed by atoms with Crippen molar-refractivity contribution in [1.82, 2.24) is 4.98 Å². The zero-order valence-electron chi connectivity index (χ0n) is 13.3. The van der Waals surface area contributed by atoms with E-state index in [2.05, 4.69) is 52.2 Å². The molecule has 1 atom stereocenters. The Morgan fingerprint density at radius 3 is 2.73 bits per heavy atom. The summed E-state index contributed by atoms with van der Waals surface area (Å²) < 4.78 is 5.93. The van der Waals surface area contributed by atoms with Gasteiger partial charge in [0.05, 0.1) is 7.11 Å². The molecule has 0 bridgehead atoms. The van der Waals surface area contributed by atoms with Gasteiger partial charge >= 0.3 is 5.97 Å². The molecule has 0 radical (unpaired) electrons. The number of ether oxygens (including phenoxy) is 1. The lowest BCUT2D eigenvalue weighted by atomic mass is 10.0. The van der Waals surface area contributed by atoms with Crippen LogP contribution in [0.5, 0.6) is 0 Å². The maximum Gasteiger partial charge on any atom is 0.328 e. The lowest BCUT2D eigenvalue weighted by Crippen LogP contribution is -2.32. The number of aryl methyl sites for hydroxylation is 1. The van der Waals surface area contributed by atoms with E-state index in [4.69, 9.17) is 4.74 Å². The number of aromatic nitrogens is 1. The summed E-state index contributed by atoms with van der Waals surface area (Å²) in [6, 6.07) is 5.69. The summed E-state index contributed by atoms with van der Waals surface area (Å²) in [5.74, 6) is 0.817. The van der Waals surface area contributed by atoms with Gasteiger partial charge in [-0.25, -0.2) is 9.78 Å². The van der Waals surface area contributed by atoms with Gasteiger partial charge in [-0.15, -0.1) is 0 Å². The Kier molecular flexibility index (Phi) is 5.40. The van der Waals surface area contributed by atoms with Crippen molar-refractivity contribution in [2.45, 2.75) is 33.2 Å². The second-order valence-corrected chi connectivity index (χ2v) is 6.71. The molecule has 0 aliphatic carbocycles. The van der Waals surface area contributed by atoms with Crippen LogP contribution in [-0.2, 0) is 9.53 Å². The van der Waals surface area contributed by atoms with E-state index in [9.17, 15) is 4.79 Å². The van der Waals surface area contributed by atoms with Crippen LogP contribution in [-0.4, -0.2) is 24.1 Å². The monoisotopic (exact) mass is 364 g/mol. The number of esters is 1. The number of pyridine rings is 1. The molecule has 1 aromatic heterocycles. The highest BCUT2D eigenvalue weighted by atomic mass is 79.9. The third-order valence-corrected chi connectivity index (χ3v) is 4.13. The van der Waals surface area contributed by atoms with E-state index in [1.807, 2.05) is 13.0 Å². The molecular formula is C17H21BrN2O2. The molecule has 0 saturated carbocycles. The smallest absolute Gasteiger partial charge is 0.328 e. The largest absolute Gasteiger partial charge is 0.467 e. The summed E-state index contributed by atoms with van der Waals surface area (Å²) in [6.07, 6.45) is 2.44. The topological polar surface area (TPSA) is 51.2 Å². The molecule has 2 aromatic rings. The van der Waals surface area contributed by atoms with Crippen molar-refractivity contribution in [3.63, 3.8) is 0 Å². The Morgan fingerprint density at radius 1 is 1.36 bits per heavy atom. The van der Waals surface area contributed by atoms with E-state index < -0.39 is 6.04 Å². The summed E-state index contributed by atoms with van der Waals surface area (Å²) in [5.41, 5.74) is 1.13. The molecule has 5 heteroatoms. The van der Waals surface area contributed by atoms with Gasteiger partial charge in [0, 0.05) is 21.4 Å². The van der Waals surface area contributed by atoms with E-state index in [1.54, 1.807) is 6.20 Å². The first-order chi connectivity index (χ1) is 10.4. The molecule has 0 aliphatic rings. The van der Waals surface area contributed by atoms with Crippen LogP contribution in [0, 0.1) is 12.8 Å². The second-order valence-electron chi connectivity index (χ2n) is 5.85. The van der Waals surface area contributed by atoms with E-state index in [0.717, 1.165) is 20.8 Å². The molecule has 0 spiro atoms. The maximum atomic E-state index is 12.0. The number of carbonyl (C=O) groups excluding carboxylic acids is 1. The molecule has 1 N–H and O–H groups in total. The minimum absolute atomic E-state index is 0.265. The van der Waals surface area contributed by atoms with Crippen molar-refractivity contribution in [3.05, 3.63) is 34.4 Å². The SMILES string of the molecule is COC(=O)C(CC(C)C)Nc1nccc2c(Br)cc(C)cc12. The Hall–Kier alpha value is -1.62. The normalized spacial score (nSPS) is 12.5. The summed E-state index contributed by atoms with van der Waals surface area (Å²) in [5, 5.41) is 5.31. The average molecular weight is 365 g/mol. The molecule has 0 fully saturated rings. The Morgan fingerprint density at radius 2 is 2.09 bits per heavy atom. The number of carbonyl (C=O) groups is 1. The van der Waals surface area contributed by atoms with Gasteiger partial charge in [0.1, 0.15) is 11.9 Å². The molecule has 0 aliphatic heterocycles. The number of hydrogen-bond acceptors (Lipinski definition) is 4. The number of halogens is 1. The van der Waals surface area contributed by atoms with Gasteiger partial charge in [-0.1, -0.05) is 29.8 Å². The number of rotatable bonds is 5. The fraction of sp³-hybridized carbons (Fsp3) is 0.412. The number of fused-ring (bicyclic) bond motifs is 1. The van der Waals surface area contributed by atoms with E-state index in [-0.39, 0.29) is 5.97 Å². The van der Waals surface area contributed by atoms with E-state index >= 15 is 0 Å². The highest BCUT2D eigenvalue weighted by Gasteiger charge is 2.21. The van der Waals surface area contributed by atoms with E-state index in [0.29, 0.717) is 18.2 Å². The van der Waals surface area contributed by atoms with Crippen LogP contribution in [0.4, 0.5) is 5.82 Å². The number of methoxy groups -OCH3 is 1. The fourth-order valence-electron chi connectivity index (χ4n) is 2.48. The summed E-state index contributed by atoms with van der Waals surface area (Å²) in [6.45, 7) is 6.19. The van der Waals surface area contributed by atoms with Crippen LogP contribution in [0.3, 0.4) is 0 Å². The maximum absolute atomic E-state index is 12.0. The highest BCUT2D eigenvalue weighted by molar-refractivity contribution is 9.10. The number of anilines is 1. The number of hydrogen-bond donors (Lipinski definition) is 1. The van der Waals surface area contributed by atoms with Gasteiger partial charge in [-0.2, -0.15) is 0 Å². The third kappa shape index (κ3) is 3.77. The van der Waals surface area contributed by atoms with Crippen LogP contribution in [0.15, 0.2) is 28.9 Å². The first kappa shape index (κ1) is 16.7. The van der Waals surface area contributed by atoms with Crippen molar-refractivity contribution in [2.24, 2.45) is 5.92 Å². The first-order valence-electron chi connectivity index (χ1n) is 7.31. The molecule has 0 amide bonds.